The number of thiocarbonyl (C=S) groups is 1. The van der Waals surface area contributed by atoms with Crippen molar-refractivity contribution in [3.05, 3.63) is 56.9 Å². The third kappa shape index (κ3) is 5.36. The van der Waals surface area contributed by atoms with Crippen LogP contribution < -0.4 is 15.5 Å². The highest BCUT2D eigenvalue weighted by atomic mass is 35.5. The maximum atomic E-state index is 13.3. The van der Waals surface area contributed by atoms with Gasteiger partial charge in [-0.1, -0.05) is 29.3 Å². The quantitative estimate of drug-likeness (QED) is 0.393. The van der Waals surface area contributed by atoms with E-state index in [1.165, 1.54) is 6.07 Å². The third-order valence-corrected chi connectivity index (χ3v) is 7.04. The SMILES string of the molecule is O=C(NC(=S)Nc1cc(C(F)(F)F)ccc1N1CCOCC1)c1sc2cc(Cl)ccc2c1Cl. The number of nitrogens with zero attached hydrogens (tertiary/aromatic N) is 1. The minimum atomic E-state index is -4.53. The molecule has 1 fully saturated rings. The molecule has 12 heteroatoms. The molecular formula is C21H16Cl2F3N3O2S2. The Morgan fingerprint density at radius 2 is 1.85 bits per heavy atom. The van der Waals surface area contributed by atoms with E-state index in [0.717, 1.165) is 28.2 Å². The first-order valence-corrected chi connectivity index (χ1v) is 11.7. The van der Waals surface area contributed by atoms with Crippen molar-refractivity contribution >= 4 is 79.2 Å². The summed E-state index contributed by atoms with van der Waals surface area (Å²) in [6.45, 7) is 1.93. The first kappa shape index (κ1) is 24.0. The van der Waals surface area contributed by atoms with Crippen molar-refractivity contribution < 1.29 is 22.7 Å². The van der Waals surface area contributed by atoms with Crippen LogP contribution in [0.15, 0.2) is 36.4 Å². The Hall–Kier alpha value is -2.11. The number of fused-ring (bicyclic) bond motifs is 1. The Bertz CT molecular complexity index is 1230. The van der Waals surface area contributed by atoms with Crippen molar-refractivity contribution in [3.63, 3.8) is 0 Å². The van der Waals surface area contributed by atoms with Crippen LogP contribution in [0.25, 0.3) is 10.1 Å². The Morgan fingerprint density at radius 3 is 2.55 bits per heavy atom. The maximum absolute atomic E-state index is 13.3. The minimum absolute atomic E-state index is 0.131. The van der Waals surface area contributed by atoms with E-state index in [9.17, 15) is 18.0 Å². The summed E-state index contributed by atoms with van der Waals surface area (Å²) in [5.74, 6) is -0.574. The van der Waals surface area contributed by atoms with Crippen LogP contribution in [-0.2, 0) is 10.9 Å². The topological polar surface area (TPSA) is 53.6 Å². The Kier molecular flexibility index (Phi) is 7.01. The summed E-state index contributed by atoms with van der Waals surface area (Å²) in [5.41, 5.74) is -0.177. The Balaban J connectivity index is 1.57. The molecule has 1 aliphatic rings. The third-order valence-electron chi connectivity index (χ3n) is 4.95. The van der Waals surface area contributed by atoms with Crippen molar-refractivity contribution in [1.29, 1.82) is 0 Å². The summed E-state index contributed by atoms with van der Waals surface area (Å²) >= 11 is 18.7. The molecular weight excluding hydrogens is 518 g/mol. The first-order chi connectivity index (χ1) is 15.6. The van der Waals surface area contributed by atoms with Crippen molar-refractivity contribution in [1.82, 2.24) is 5.32 Å². The molecule has 1 amide bonds. The number of thiophene rings is 1. The second-order valence-electron chi connectivity index (χ2n) is 7.12. The molecule has 0 aliphatic carbocycles. The van der Waals surface area contributed by atoms with Gasteiger partial charge >= 0.3 is 6.18 Å². The van der Waals surface area contributed by atoms with E-state index < -0.39 is 17.6 Å². The second kappa shape index (κ2) is 9.63. The summed E-state index contributed by atoms with van der Waals surface area (Å²) < 4.78 is 45.9. The van der Waals surface area contributed by atoms with E-state index in [-0.39, 0.29) is 20.7 Å². The number of rotatable bonds is 3. The van der Waals surface area contributed by atoms with Crippen LogP contribution in [0.4, 0.5) is 24.5 Å². The maximum Gasteiger partial charge on any atom is 0.416 e. The van der Waals surface area contributed by atoms with Gasteiger partial charge in [-0.2, -0.15) is 13.2 Å². The van der Waals surface area contributed by atoms with Gasteiger partial charge in [0, 0.05) is 28.2 Å². The van der Waals surface area contributed by atoms with Gasteiger partial charge in [-0.15, -0.1) is 11.3 Å². The van der Waals surface area contributed by atoms with E-state index in [0.29, 0.717) is 42.4 Å². The number of hydrogen-bond acceptors (Lipinski definition) is 5. The van der Waals surface area contributed by atoms with Crippen LogP contribution in [0.2, 0.25) is 10.0 Å². The number of ether oxygens (including phenoxy) is 1. The summed E-state index contributed by atoms with van der Waals surface area (Å²) in [7, 11) is 0. The van der Waals surface area contributed by atoms with Crippen LogP contribution >= 0.6 is 46.8 Å². The molecule has 1 saturated heterocycles. The second-order valence-corrected chi connectivity index (χ2v) is 9.40. The highest BCUT2D eigenvalue weighted by molar-refractivity contribution is 7.80. The fourth-order valence-corrected chi connectivity index (χ4v) is 5.28. The standard InChI is InChI=1S/C21H16Cl2F3N3O2S2/c22-12-2-3-13-16(10-12)33-18(17(13)23)19(30)28-20(32)27-14-9-11(21(24,25)26)1-4-15(14)29-5-7-31-8-6-29/h1-4,9-10H,5-8H2,(H2,27,28,30,32). The minimum Gasteiger partial charge on any atom is -0.378 e. The molecule has 1 aromatic heterocycles. The number of alkyl halides is 3. The van der Waals surface area contributed by atoms with Crippen molar-refractivity contribution in [2.45, 2.75) is 6.18 Å². The summed E-state index contributed by atoms with van der Waals surface area (Å²) in [5, 5.41) is 6.51. The number of halogens is 5. The van der Waals surface area contributed by atoms with Gasteiger partial charge in [-0.05, 0) is 42.5 Å². The van der Waals surface area contributed by atoms with Crippen molar-refractivity contribution in [2.75, 3.05) is 36.5 Å². The number of anilines is 2. The van der Waals surface area contributed by atoms with E-state index in [2.05, 4.69) is 10.6 Å². The molecule has 174 valence electrons. The average Bonchev–Trinajstić information content (AvgIpc) is 3.09. The van der Waals surface area contributed by atoms with E-state index in [1.54, 1.807) is 18.2 Å². The number of morpholine rings is 1. The number of amides is 1. The number of carbonyl (C=O) groups excluding carboxylic acids is 1. The predicted octanol–water partition coefficient (Wildman–Crippen LogP) is 6.19. The lowest BCUT2D eigenvalue weighted by molar-refractivity contribution is -0.137. The lowest BCUT2D eigenvalue weighted by Gasteiger charge is -2.31. The zero-order valence-electron chi connectivity index (χ0n) is 16.8. The van der Waals surface area contributed by atoms with Crippen LogP contribution in [0.3, 0.4) is 0 Å². The summed E-state index contributed by atoms with van der Waals surface area (Å²) in [6.07, 6.45) is -4.53. The van der Waals surface area contributed by atoms with Crippen molar-refractivity contribution in [3.8, 4) is 0 Å². The molecule has 2 N–H and O–H groups in total. The molecule has 0 spiro atoms. The summed E-state index contributed by atoms with van der Waals surface area (Å²) in [4.78, 5) is 14.9. The molecule has 2 heterocycles. The molecule has 0 unspecified atom stereocenters. The molecule has 0 bridgehead atoms. The molecule has 3 aromatic rings. The van der Waals surface area contributed by atoms with Crippen LogP contribution in [-0.4, -0.2) is 37.3 Å². The van der Waals surface area contributed by atoms with Crippen LogP contribution in [0.1, 0.15) is 15.2 Å². The fourth-order valence-electron chi connectivity index (χ4n) is 3.39. The van der Waals surface area contributed by atoms with Gasteiger partial charge in [0.25, 0.3) is 5.91 Å². The van der Waals surface area contributed by atoms with Gasteiger partial charge in [-0.25, -0.2) is 0 Å². The highest BCUT2D eigenvalue weighted by Crippen LogP contribution is 2.37. The van der Waals surface area contributed by atoms with Crippen molar-refractivity contribution in [2.24, 2.45) is 0 Å². The van der Waals surface area contributed by atoms with E-state index in [4.69, 9.17) is 40.2 Å². The van der Waals surface area contributed by atoms with Gasteiger partial charge < -0.3 is 15.0 Å². The molecule has 0 radical (unpaired) electrons. The van der Waals surface area contributed by atoms with Gasteiger partial charge in [0.1, 0.15) is 4.88 Å². The zero-order valence-corrected chi connectivity index (χ0v) is 19.9. The molecule has 0 atom stereocenters. The van der Waals surface area contributed by atoms with E-state index in [1.807, 2.05) is 4.90 Å². The number of nitrogens with one attached hydrogen (secondary N) is 2. The Labute approximate surface area is 206 Å². The lowest BCUT2D eigenvalue weighted by Crippen LogP contribution is -2.38. The first-order valence-electron chi connectivity index (χ1n) is 9.67. The zero-order chi connectivity index (χ0) is 23.8. The smallest absolute Gasteiger partial charge is 0.378 e. The van der Waals surface area contributed by atoms with Gasteiger partial charge in [0.05, 0.1) is 35.2 Å². The number of hydrogen-bond donors (Lipinski definition) is 2. The monoisotopic (exact) mass is 533 g/mol. The largest absolute Gasteiger partial charge is 0.416 e. The lowest BCUT2D eigenvalue weighted by atomic mass is 10.1. The molecule has 2 aromatic carbocycles. The highest BCUT2D eigenvalue weighted by Gasteiger charge is 2.32. The fraction of sp³-hybridized carbons (Fsp3) is 0.238. The number of benzene rings is 2. The van der Waals surface area contributed by atoms with Gasteiger partial charge in [0.15, 0.2) is 5.11 Å². The van der Waals surface area contributed by atoms with Crippen LogP contribution in [0.5, 0.6) is 0 Å². The Morgan fingerprint density at radius 1 is 1.12 bits per heavy atom. The van der Waals surface area contributed by atoms with E-state index >= 15 is 0 Å². The summed E-state index contributed by atoms with van der Waals surface area (Å²) in [6, 6.07) is 8.43. The molecule has 5 nitrogen and oxygen atoms in total. The molecule has 4 rings (SSSR count). The van der Waals surface area contributed by atoms with Gasteiger partial charge in [0.2, 0.25) is 0 Å². The van der Waals surface area contributed by atoms with Crippen LogP contribution in [0, 0.1) is 0 Å². The molecule has 33 heavy (non-hydrogen) atoms. The molecule has 1 aliphatic heterocycles. The predicted molar refractivity (Wildman–Crippen MR) is 130 cm³/mol. The molecule has 0 saturated carbocycles. The average molecular weight is 534 g/mol. The normalized spacial score (nSPS) is 14.4. The van der Waals surface area contributed by atoms with Gasteiger partial charge in [-0.3, -0.25) is 10.1 Å². The number of carbonyl (C=O) groups is 1.